The Labute approximate surface area is 163 Å². The number of amides is 1. The molecule has 1 saturated heterocycles. The van der Waals surface area contributed by atoms with Gasteiger partial charge in [0, 0.05) is 24.2 Å². The molecular weight excluding hydrogens is 357 g/mol. The van der Waals surface area contributed by atoms with Gasteiger partial charge in [-0.25, -0.2) is 4.39 Å². The van der Waals surface area contributed by atoms with Gasteiger partial charge in [0.1, 0.15) is 5.82 Å². The largest absolute Gasteiger partial charge is 0.339 e. The molecule has 2 heterocycles. The van der Waals surface area contributed by atoms with Crippen LogP contribution < -0.4 is 0 Å². The highest BCUT2D eigenvalue weighted by atomic mass is 19.1. The lowest BCUT2D eigenvalue weighted by molar-refractivity contribution is 0.0694. The SMILES string of the molecule is CCc1ccccc1C(=O)N1CCC[C@H](c2nc(-c3ccc(F)cc3)no2)C1. The molecule has 6 heteroatoms. The van der Waals surface area contributed by atoms with Crippen LogP contribution in [0.25, 0.3) is 11.4 Å². The first-order valence-electron chi connectivity index (χ1n) is 9.62. The molecule has 1 amide bonds. The van der Waals surface area contributed by atoms with Crippen molar-refractivity contribution in [3.8, 4) is 11.4 Å². The first-order valence-corrected chi connectivity index (χ1v) is 9.62. The molecule has 1 atom stereocenters. The van der Waals surface area contributed by atoms with E-state index in [1.54, 1.807) is 12.1 Å². The molecule has 4 rings (SSSR count). The van der Waals surface area contributed by atoms with Gasteiger partial charge in [-0.1, -0.05) is 30.3 Å². The zero-order valence-corrected chi connectivity index (χ0v) is 15.8. The fraction of sp³-hybridized carbons (Fsp3) is 0.318. The number of hydrogen-bond acceptors (Lipinski definition) is 4. The van der Waals surface area contributed by atoms with E-state index >= 15 is 0 Å². The summed E-state index contributed by atoms with van der Waals surface area (Å²) in [6.45, 7) is 3.34. The summed E-state index contributed by atoms with van der Waals surface area (Å²) < 4.78 is 18.6. The van der Waals surface area contributed by atoms with Crippen molar-refractivity contribution in [1.29, 1.82) is 0 Å². The van der Waals surface area contributed by atoms with Crippen LogP contribution in [0.15, 0.2) is 53.1 Å². The number of carbonyl (C=O) groups is 1. The maximum Gasteiger partial charge on any atom is 0.254 e. The van der Waals surface area contributed by atoms with Crippen LogP contribution in [-0.2, 0) is 6.42 Å². The highest BCUT2D eigenvalue weighted by Gasteiger charge is 2.29. The van der Waals surface area contributed by atoms with Crippen LogP contribution >= 0.6 is 0 Å². The van der Waals surface area contributed by atoms with Crippen LogP contribution in [0.1, 0.15) is 47.5 Å². The van der Waals surface area contributed by atoms with Gasteiger partial charge in [-0.05, 0) is 55.2 Å². The van der Waals surface area contributed by atoms with E-state index in [0.717, 1.165) is 36.9 Å². The molecule has 1 aliphatic heterocycles. The molecule has 0 unspecified atom stereocenters. The Balaban J connectivity index is 1.51. The Kier molecular flexibility index (Phi) is 5.19. The third-order valence-electron chi connectivity index (χ3n) is 5.23. The fourth-order valence-electron chi connectivity index (χ4n) is 3.69. The van der Waals surface area contributed by atoms with Crippen molar-refractivity contribution >= 4 is 5.91 Å². The molecule has 0 spiro atoms. The maximum absolute atomic E-state index is 13.1. The number of aromatic nitrogens is 2. The van der Waals surface area contributed by atoms with Crippen LogP contribution in [-0.4, -0.2) is 34.0 Å². The van der Waals surface area contributed by atoms with E-state index in [1.807, 2.05) is 29.2 Å². The molecule has 3 aromatic rings. The Bertz CT molecular complexity index is 968. The van der Waals surface area contributed by atoms with Crippen molar-refractivity contribution < 1.29 is 13.7 Å². The van der Waals surface area contributed by atoms with Crippen LogP contribution in [0.2, 0.25) is 0 Å². The minimum Gasteiger partial charge on any atom is -0.339 e. The molecule has 144 valence electrons. The highest BCUT2D eigenvalue weighted by molar-refractivity contribution is 5.95. The van der Waals surface area contributed by atoms with Crippen LogP contribution in [0.5, 0.6) is 0 Å². The lowest BCUT2D eigenvalue weighted by Crippen LogP contribution is -2.39. The second-order valence-electron chi connectivity index (χ2n) is 7.06. The first kappa shape index (κ1) is 18.3. The molecular formula is C22H22FN3O2. The molecule has 0 bridgehead atoms. The molecule has 2 aromatic carbocycles. The number of benzene rings is 2. The first-order chi connectivity index (χ1) is 13.7. The average molecular weight is 379 g/mol. The molecule has 5 nitrogen and oxygen atoms in total. The number of halogens is 1. The van der Waals surface area contributed by atoms with Crippen molar-refractivity contribution in [3.63, 3.8) is 0 Å². The normalized spacial score (nSPS) is 16.9. The predicted octanol–water partition coefficient (Wildman–Crippen LogP) is 4.46. The summed E-state index contributed by atoms with van der Waals surface area (Å²) >= 11 is 0. The van der Waals surface area contributed by atoms with Gasteiger partial charge < -0.3 is 9.42 Å². The molecule has 0 saturated carbocycles. The maximum atomic E-state index is 13.1. The van der Waals surface area contributed by atoms with E-state index in [9.17, 15) is 9.18 Å². The zero-order chi connectivity index (χ0) is 19.5. The molecule has 1 aliphatic rings. The molecule has 0 N–H and O–H groups in total. The molecule has 0 aliphatic carbocycles. The van der Waals surface area contributed by atoms with Crippen molar-refractivity contribution in [1.82, 2.24) is 15.0 Å². The van der Waals surface area contributed by atoms with Crippen molar-refractivity contribution in [2.75, 3.05) is 13.1 Å². The Morgan fingerprint density at radius 1 is 1.21 bits per heavy atom. The lowest BCUT2D eigenvalue weighted by Gasteiger charge is -2.31. The Morgan fingerprint density at radius 3 is 2.79 bits per heavy atom. The molecule has 0 radical (unpaired) electrons. The number of piperidine rings is 1. The number of likely N-dealkylation sites (tertiary alicyclic amines) is 1. The number of hydrogen-bond donors (Lipinski definition) is 0. The summed E-state index contributed by atoms with van der Waals surface area (Å²) in [5, 5.41) is 4.03. The van der Waals surface area contributed by atoms with Crippen LogP contribution in [0, 0.1) is 5.82 Å². The lowest BCUT2D eigenvalue weighted by atomic mass is 9.96. The standard InChI is InChI=1S/C22H22FN3O2/c1-2-15-6-3-4-8-19(15)22(27)26-13-5-7-17(14-26)21-24-20(25-28-21)16-9-11-18(23)12-10-16/h3-4,6,8-12,17H,2,5,7,13-14H2,1H3/t17-/m0/s1. The third kappa shape index (κ3) is 3.67. The summed E-state index contributed by atoms with van der Waals surface area (Å²) in [4.78, 5) is 19.4. The van der Waals surface area contributed by atoms with Gasteiger partial charge in [-0.15, -0.1) is 0 Å². The smallest absolute Gasteiger partial charge is 0.254 e. The van der Waals surface area contributed by atoms with Gasteiger partial charge in [0.2, 0.25) is 11.7 Å². The second kappa shape index (κ2) is 7.92. The van der Waals surface area contributed by atoms with Gasteiger partial charge in [0.05, 0.1) is 5.92 Å². The average Bonchev–Trinajstić information content (AvgIpc) is 3.24. The van der Waals surface area contributed by atoms with Crippen molar-refractivity contribution in [2.45, 2.75) is 32.1 Å². The van der Waals surface area contributed by atoms with E-state index in [4.69, 9.17) is 4.52 Å². The number of rotatable bonds is 4. The minimum absolute atomic E-state index is 0.00758. The quantitative estimate of drug-likeness (QED) is 0.672. The van der Waals surface area contributed by atoms with Gasteiger partial charge >= 0.3 is 0 Å². The monoisotopic (exact) mass is 379 g/mol. The van der Waals surface area contributed by atoms with Crippen molar-refractivity contribution in [2.24, 2.45) is 0 Å². The molecule has 28 heavy (non-hydrogen) atoms. The number of carbonyl (C=O) groups excluding carboxylic acids is 1. The second-order valence-corrected chi connectivity index (χ2v) is 7.06. The summed E-state index contributed by atoms with van der Waals surface area (Å²) in [7, 11) is 0. The van der Waals surface area contributed by atoms with E-state index in [2.05, 4.69) is 17.1 Å². The van der Waals surface area contributed by atoms with Crippen LogP contribution in [0.4, 0.5) is 4.39 Å². The summed E-state index contributed by atoms with van der Waals surface area (Å²) in [6, 6.07) is 13.8. The minimum atomic E-state index is -0.304. The predicted molar refractivity (Wildman–Crippen MR) is 103 cm³/mol. The summed E-state index contributed by atoms with van der Waals surface area (Å²) in [5.41, 5.74) is 2.53. The number of aryl methyl sites for hydroxylation is 1. The van der Waals surface area contributed by atoms with Crippen molar-refractivity contribution in [3.05, 3.63) is 71.4 Å². The van der Waals surface area contributed by atoms with E-state index in [-0.39, 0.29) is 17.6 Å². The van der Waals surface area contributed by atoms with Gasteiger partial charge in [0.25, 0.3) is 5.91 Å². The highest BCUT2D eigenvalue weighted by Crippen LogP contribution is 2.29. The molecule has 1 aromatic heterocycles. The summed E-state index contributed by atoms with van der Waals surface area (Å²) in [5.74, 6) is 0.727. The third-order valence-corrected chi connectivity index (χ3v) is 5.23. The van der Waals surface area contributed by atoms with Gasteiger partial charge in [-0.2, -0.15) is 4.98 Å². The van der Waals surface area contributed by atoms with E-state index < -0.39 is 0 Å². The molecule has 1 fully saturated rings. The topological polar surface area (TPSA) is 59.2 Å². The number of nitrogens with zero attached hydrogens (tertiary/aromatic N) is 3. The van der Waals surface area contributed by atoms with E-state index in [0.29, 0.717) is 23.8 Å². The van der Waals surface area contributed by atoms with Gasteiger partial charge in [0.15, 0.2) is 0 Å². The Hall–Kier alpha value is -3.02. The van der Waals surface area contributed by atoms with E-state index in [1.165, 1.54) is 12.1 Å². The van der Waals surface area contributed by atoms with Gasteiger partial charge in [-0.3, -0.25) is 4.79 Å². The van der Waals surface area contributed by atoms with Crippen LogP contribution in [0.3, 0.4) is 0 Å². The fourth-order valence-corrected chi connectivity index (χ4v) is 3.69. The Morgan fingerprint density at radius 2 is 2.00 bits per heavy atom. The zero-order valence-electron chi connectivity index (χ0n) is 15.8. The summed E-state index contributed by atoms with van der Waals surface area (Å²) in [6.07, 6.45) is 2.60.